The standard InChI is InChI=1S/C11H15N3O6S/c1-21(17,18)19-7-11(6-15)4-2-9(20-11)14-5-3-8(12)13-10(14)16/h2-5,9,15H,6-7H2,1H3,(H2,12,13,16)/t9-,11+/m1/s1. The number of aromatic nitrogens is 2. The Morgan fingerprint density at radius 3 is 2.90 bits per heavy atom. The van der Waals surface area contributed by atoms with Crippen molar-refractivity contribution in [1.82, 2.24) is 9.55 Å². The highest BCUT2D eigenvalue weighted by molar-refractivity contribution is 7.85. The van der Waals surface area contributed by atoms with Crippen LogP contribution in [0.15, 0.2) is 29.2 Å². The van der Waals surface area contributed by atoms with Crippen LogP contribution in [0.25, 0.3) is 0 Å². The number of aliphatic hydroxyl groups excluding tert-OH is 1. The smallest absolute Gasteiger partial charge is 0.351 e. The number of anilines is 1. The van der Waals surface area contributed by atoms with E-state index in [1.807, 2.05) is 0 Å². The van der Waals surface area contributed by atoms with Gasteiger partial charge in [0.2, 0.25) is 0 Å². The molecule has 0 radical (unpaired) electrons. The fraction of sp³-hybridized carbons (Fsp3) is 0.455. The molecule has 3 N–H and O–H groups in total. The van der Waals surface area contributed by atoms with Gasteiger partial charge in [-0.2, -0.15) is 13.4 Å². The third kappa shape index (κ3) is 3.67. The van der Waals surface area contributed by atoms with Gasteiger partial charge in [0.05, 0.1) is 12.9 Å². The van der Waals surface area contributed by atoms with Crippen LogP contribution < -0.4 is 11.4 Å². The highest BCUT2D eigenvalue weighted by atomic mass is 32.2. The van der Waals surface area contributed by atoms with E-state index < -0.39 is 40.9 Å². The van der Waals surface area contributed by atoms with Crippen molar-refractivity contribution < 1.29 is 22.4 Å². The molecule has 1 aromatic heterocycles. The largest absolute Gasteiger partial charge is 0.393 e. The lowest BCUT2D eigenvalue weighted by atomic mass is 10.1. The normalized spacial score (nSPS) is 25.3. The second-order valence-corrected chi connectivity index (χ2v) is 6.24. The van der Waals surface area contributed by atoms with Crippen molar-refractivity contribution in [3.63, 3.8) is 0 Å². The predicted octanol–water partition coefficient (Wildman–Crippen LogP) is -1.38. The maximum absolute atomic E-state index is 11.7. The molecule has 10 heteroatoms. The first-order chi connectivity index (χ1) is 9.75. The number of hydrogen-bond donors (Lipinski definition) is 2. The zero-order chi connectivity index (χ0) is 15.7. The molecule has 2 rings (SSSR count). The van der Waals surface area contributed by atoms with Crippen LogP contribution in [0.2, 0.25) is 0 Å². The maximum Gasteiger partial charge on any atom is 0.351 e. The van der Waals surface area contributed by atoms with Crippen molar-refractivity contribution in [2.24, 2.45) is 0 Å². The number of aliphatic hydroxyl groups is 1. The highest BCUT2D eigenvalue weighted by Gasteiger charge is 2.37. The van der Waals surface area contributed by atoms with Gasteiger partial charge in [0, 0.05) is 6.20 Å². The van der Waals surface area contributed by atoms with Crippen molar-refractivity contribution in [2.75, 3.05) is 25.2 Å². The van der Waals surface area contributed by atoms with Crippen LogP contribution in [-0.2, 0) is 19.0 Å². The number of nitrogens with two attached hydrogens (primary N) is 1. The molecular weight excluding hydrogens is 302 g/mol. The molecule has 0 spiro atoms. The molecule has 0 aliphatic carbocycles. The molecule has 2 heterocycles. The number of ether oxygens (including phenoxy) is 1. The van der Waals surface area contributed by atoms with Crippen LogP contribution in [0.1, 0.15) is 6.23 Å². The van der Waals surface area contributed by atoms with Crippen LogP contribution in [-0.4, -0.2) is 48.1 Å². The minimum atomic E-state index is -3.68. The molecular formula is C11H15N3O6S. The van der Waals surface area contributed by atoms with Crippen LogP contribution in [0.3, 0.4) is 0 Å². The molecule has 1 aliphatic rings. The Kier molecular flexibility index (Phi) is 4.14. The second-order valence-electron chi connectivity index (χ2n) is 4.60. The van der Waals surface area contributed by atoms with E-state index in [9.17, 15) is 18.3 Å². The fourth-order valence-electron chi connectivity index (χ4n) is 1.77. The lowest BCUT2D eigenvalue weighted by Crippen LogP contribution is -2.40. The van der Waals surface area contributed by atoms with Crippen LogP contribution in [0.5, 0.6) is 0 Å². The summed E-state index contributed by atoms with van der Waals surface area (Å²) in [5.74, 6) is 0.0760. The summed E-state index contributed by atoms with van der Waals surface area (Å²) in [5.41, 5.74) is 3.43. The highest BCUT2D eigenvalue weighted by Crippen LogP contribution is 2.29. The van der Waals surface area contributed by atoms with E-state index >= 15 is 0 Å². The van der Waals surface area contributed by atoms with E-state index in [1.165, 1.54) is 24.4 Å². The van der Waals surface area contributed by atoms with Crippen molar-refractivity contribution in [2.45, 2.75) is 11.8 Å². The Labute approximate surface area is 120 Å². The topological polar surface area (TPSA) is 134 Å². The van der Waals surface area contributed by atoms with Crippen molar-refractivity contribution >= 4 is 15.9 Å². The predicted molar refractivity (Wildman–Crippen MR) is 72.8 cm³/mol. The van der Waals surface area contributed by atoms with Gasteiger partial charge in [-0.25, -0.2) is 4.79 Å². The quantitative estimate of drug-likeness (QED) is 0.501. The minimum Gasteiger partial charge on any atom is -0.393 e. The summed E-state index contributed by atoms with van der Waals surface area (Å²) < 4.78 is 33.4. The molecule has 116 valence electrons. The minimum absolute atomic E-state index is 0.0760. The number of nitrogen functional groups attached to an aromatic ring is 1. The molecule has 21 heavy (non-hydrogen) atoms. The summed E-state index contributed by atoms with van der Waals surface area (Å²) in [4.78, 5) is 15.3. The van der Waals surface area contributed by atoms with Gasteiger partial charge in [-0.05, 0) is 18.2 Å². The van der Waals surface area contributed by atoms with E-state index in [2.05, 4.69) is 9.17 Å². The molecule has 0 amide bonds. The number of nitrogens with zero attached hydrogens (tertiary/aromatic N) is 2. The van der Waals surface area contributed by atoms with Crippen LogP contribution >= 0.6 is 0 Å². The first-order valence-corrected chi connectivity index (χ1v) is 7.73. The summed E-state index contributed by atoms with van der Waals surface area (Å²) in [7, 11) is -3.68. The first kappa shape index (κ1) is 15.6. The summed E-state index contributed by atoms with van der Waals surface area (Å²) in [6, 6.07) is 1.42. The Balaban J connectivity index is 2.18. The molecule has 0 fully saturated rings. The third-order valence-electron chi connectivity index (χ3n) is 2.83. The molecule has 9 nitrogen and oxygen atoms in total. The fourth-order valence-corrected chi connectivity index (χ4v) is 2.18. The zero-order valence-electron chi connectivity index (χ0n) is 11.2. The van der Waals surface area contributed by atoms with Gasteiger partial charge in [0.1, 0.15) is 18.0 Å². The van der Waals surface area contributed by atoms with Gasteiger partial charge in [0.15, 0.2) is 6.23 Å². The van der Waals surface area contributed by atoms with Gasteiger partial charge < -0.3 is 15.6 Å². The average molecular weight is 317 g/mol. The first-order valence-electron chi connectivity index (χ1n) is 5.92. The zero-order valence-corrected chi connectivity index (χ0v) is 12.0. The molecule has 0 saturated heterocycles. The number of rotatable bonds is 5. The second kappa shape index (κ2) is 5.56. The summed E-state index contributed by atoms with van der Waals surface area (Å²) in [5, 5.41) is 9.42. The summed E-state index contributed by atoms with van der Waals surface area (Å²) in [6.45, 7) is -0.904. The molecule has 0 saturated carbocycles. The molecule has 1 aromatic rings. The average Bonchev–Trinajstić information content (AvgIpc) is 2.81. The van der Waals surface area contributed by atoms with Gasteiger partial charge in [0.25, 0.3) is 10.1 Å². The van der Waals surface area contributed by atoms with E-state index in [4.69, 9.17) is 10.5 Å². The third-order valence-corrected chi connectivity index (χ3v) is 3.38. The lowest BCUT2D eigenvalue weighted by molar-refractivity contribution is -0.102. The van der Waals surface area contributed by atoms with Gasteiger partial charge in [-0.1, -0.05) is 0 Å². The van der Waals surface area contributed by atoms with Gasteiger partial charge in [-0.3, -0.25) is 8.75 Å². The van der Waals surface area contributed by atoms with Crippen molar-refractivity contribution in [3.8, 4) is 0 Å². The maximum atomic E-state index is 11.7. The molecule has 2 atom stereocenters. The lowest BCUT2D eigenvalue weighted by Gasteiger charge is -2.26. The Morgan fingerprint density at radius 2 is 2.33 bits per heavy atom. The van der Waals surface area contributed by atoms with Crippen LogP contribution in [0.4, 0.5) is 5.82 Å². The monoisotopic (exact) mass is 317 g/mol. The molecule has 0 unspecified atom stereocenters. The van der Waals surface area contributed by atoms with Crippen LogP contribution in [0, 0.1) is 0 Å². The Morgan fingerprint density at radius 1 is 1.62 bits per heavy atom. The summed E-state index contributed by atoms with van der Waals surface area (Å²) >= 11 is 0. The van der Waals surface area contributed by atoms with Gasteiger partial charge >= 0.3 is 5.69 Å². The van der Waals surface area contributed by atoms with E-state index in [1.54, 1.807) is 0 Å². The van der Waals surface area contributed by atoms with E-state index in [0.717, 1.165) is 10.8 Å². The van der Waals surface area contributed by atoms with Crippen molar-refractivity contribution in [3.05, 3.63) is 34.9 Å². The van der Waals surface area contributed by atoms with E-state index in [-0.39, 0.29) is 5.82 Å². The van der Waals surface area contributed by atoms with Gasteiger partial charge in [-0.15, -0.1) is 0 Å². The SMILES string of the molecule is CS(=O)(=O)OC[C@@]1(CO)C=C[C@H](n2ccc(N)nc2=O)O1. The van der Waals surface area contributed by atoms with Crippen molar-refractivity contribution in [1.29, 1.82) is 0 Å². The molecule has 0 aromatic carbocycles. The Bertz CT molecular complexity index is 713. The molecule has 1 aliphatic heterocycles. The Hall–Kier alpha value is -1.75. The molecule has 0 bridgehead atoms. The number of hydrogen-bond acceptors (Lipinski definition) is 8. The van der Waals surface area contributed by atoms with E-state index in [0.29, 0.717) is 0 Å². The summed E-state index contributed by atoms with van der Waals surface area (Å²) in [6.07, 6.45) is 4.40.